The molecule has 0 N–H and O–H groups in total. The first kappa shape index (κ1) is 7.28. The number of aryl methyl sites for hydroxylation is 3. The van der Waals surface area contributed by atoms with Crippen molar-refractivity contribution in [1.82, 2.24) is 9.97 Å². The van der Waals surface area contributed by atoms with Crippen LogP contribution in [-0.4, -0.2) is 9.97 Å². The lowest BCUT2D eigenvalue weighted by molar-refractivity contribution is 0.557. The summed E-state index contributed by atoms with van der Waals surface area (Å²) in [7, 11) is 0. The Kier molecular flexibility index (Phi) is 1.40. The van der Waals surface area contributed by atoms with Crippen LogP contribution in [0, 0.1) is 20.8 Å². The Morgan fingerprint density at radius 2 is 1.92 bits per heavy atom. The lowest BCUT2D eigenvalue weighted by Gasteiger charge is -1.94. The van der Waals surface area contributed by atoms with Gasteiger partial charge in [-0.05, 0) is 19.9 Å². The van der Waals surface area contributed by atoms with E-state index in [4.69, 9.17) is 4.42 Å². The Morgan fingerprint density at radius 1 is 1.17 bits per heavy atom. The number of nitrogens with zero attached hydrogens (tertiary/aromatic N) is 2. The molecule has 2 rings (SSSR count). The first-order valence-corrected chi connectivity index (χ1v) is 3.88. The minimum atomic E-state index is 0.695. The van der Waals surface area contributed by atoms with Crippen molar-refractivity contribution in [2.45, 2.75) is 20.8 Å². The van der Waals surface area contributed by atoms with Crippen molar-refractivity contribution in [3.63, 3.8) is 0 Å². The fourth-order valence-corrected chi connectivity index (χ4v) is 1.35. The highest BCUT2D eigenvalue weighted by molar-refractivity contribution is 5.74. The van der Waals surface area contributed by atoms with Crippen LogP contribution in [0.2, 0.25) is 0 Å². The molecule has 0 fully saturated rings. The molecule has 0 spiro atoms. The van der Waals surface area contributed by atoms with Gasteiger partial charge in [0.2, 0.25) is 0 Å². The minimum absolute atomic E-state index is 0.695. The van der Waals surface area contributed by atoms with Gasteiger partial charge in [-0.1, -0.05) is 0 Å². The molecule has 0 saturated carbocycles. The van der Waals surface area contributed by atoms with Gasteiger partial charge in [0.25, 0.3) is 0 Å². The summed E-state index contributed by atoms with van der Waals surface area (Å²) in [5.41, 5.74) is 3.59. The van der Waals surface area contributed by atoms with Gasteiger partial charge in [0.1, 0.15) is 5.52 Å². The van der Waals surface area contributed by atoms with Gasteiger partial charge in [-0.15, -0.1) is 0 Å². The van der Waals surface area contributed by atoms with E-state index >= 15 is 0 Å². The van der Waals surface area contributed by atoms with E-state index in [0.29, 0.717) is 5.89 Å². The summed E-state index contributed by atoms with van der Waals surface area (Å²) in [4.78, 5) is 8.51. The molecule has 0 aliphatic rings. The fourth-order valence-electron chi connectivity index (χ4n) is 1.35. The van der Waals surface area contributed by atoms with E-state index in [1.54, 1.807) is 0 Å². The van der Waals surface area contributed by atoms with Gasteiger partial charge in [-0.2, -0.15) is 0 Å². The lowest BCUT2D eigenvalue weighted by atomic mass is 10.3. The molecule has 0 amide bonds. The van der Waals surface area contributed by atoms with Gasteiger partial charge in [0.15, 0.2) is 11.5 Å². The van der Waals surface area contributed by atoms with Crippen molar-refractivity contribution in [3.8, 4) is 0 Å². The second-order valence-electron chi connectivity index (χ2n) is 2.93. The minimum Gasteiger partial charge on any atom is -0.439 e. The highest BCUT2D eigenvalue weighted by Gasteiger charge is 2.05. The zero-order chi connectivity index (χ0) is 8.72. The number of hydrogen-bond donors (Lipinski definition) is 0. The number of fused-ring (bicyclic) bond motifs is 1. The molecule has 0 bridgehead atoms. The summed E-state index contributed by atoms with van der Waals surface area (Å²) in [5.74, 6) is 0.695. The third-order valence-electron chi connectivity index (χ3n) is 1.78. The molecule has 62 valence electrons. The van der Waals surface area contributed by atoms with Gasteiger partial charge in [-0.25, -0.2) is 4.98 Å². The third kappa shape index (κ3) is 0.978. The van der Waals surface area contributed by atoms with E-state index in [1.807, 2.05) is 26.8 Å². The van der Waals surface area contributed by atoms with Crippen LogP contribution in [-0.2, 0) is 0 Å². The van der Waals surface area contributed by atoms with Gasteiger partial charge in [-0.3, -0.25) is 4.98 Å². The second-order valence-corrected chi connectivity index (χ2v) is 2.93. The zero-order valence-electron chi connectivity index (χ0n) is 7.38. The molecule has 3 nitrogen and oxygen atoms in total. The average Bonchev–Trinajstić information content (AvgIpc) is 2.29. The van der Waals surface area contributed by atoms with E-state index in [2.05, 4.69) is 9.97 Å². The van der Waals surface area contributed by atoms with Crippen molar-refractivity contribution in [2.75, 3.05) is 0 Å². The normalized spacial score (nSPS) is 10.9. The van der Waals surface area contributed by atoms with Crippen molar-refractivity contribution in [3.05, 3.63) is 23.3 Å². The van der Waals surface area contributed by atoms with Gasteiger partial charge >= 0.3 is 0 Å². The number of hydrogen-bond acceptors (Lipinski definition) is 3. The molecular weight excluding hydrogens is 152 g/mol. The summed E-state index contributed by atoms with van der Waals surface area (Å²) in [5, 5.41) is 0. The van der Waals surface area contributed by atoms with Crippen molar-refractivity contribution >= 4 is 11.1 Å². The van der Waals surface area contributed by atoms with Crippen molar-refractivity contribution in [1.29, 1.82) is 0 Å². The Bertz CT molecular complexity index is 431. The van der Waals surface area contributed by atoms with Crippen LogP contribution in [0.15, 0.2) is 10.5 Å². The van der Waals surface area contributed by atoms with E-state index < -0.39 is 0 Å². The molecule has 0 aliphatic carbocycles. The maximum atomic E-state index is 5.38. The van der Waals surface area contributed by atoms with Crippen LogP contribution in [0.5, 0.6) is 0 Å². The largest absolute Gasteiger partial charge is 0.439 e. The summed E-state index contributed by atoms with van der Waals surface area (Å²) >= 11 is 0. The molecule has 2 aromatic rings. The number of oxazole rings is 1. The van der Waals surface area contributed by atoms with Gasteiger partial charge in [0, 0.05) is 12.6 Å². The van der Waals surface area contributed by atoms with Crippen molar-refractivity contribution in [2.24, 2.45) is 0 Å². The molecule has 0 aromatic carbocycles. The average molecular weight is 162 g/mol. The number of pyridine rings is 1. The van der Waals surface area contributed by atoms with Crippen LogP contribution >= 0.6 is 0 Å². The molecule has 0 saturated heterocycles. The smallest absolute Gasteiger partial charge is 0.192 e. The third-order valence-corrected chi connectivity index (χ3v) is 1.78. The van der Waals surface area contributed by atoms with Crippen molar-refractivity contribution < 1.29 is 4.42 Å². The molecule has 0 radical (unpaired) electrons. The van der Waals surface area contributed by atoms with E-state index in [9.17, 15) is 0 Å². The van der Waals surface area contributed by atoms with Gasteiger partial charge in [0.05, 0.1) is 5.69 Å². The molecule has 0 aliphatic heterocycles. The second kappa shape index (κ2) is 2.30. The van der Waals surface area contributed by atoms with Crippen LogP contribution in [0.4, 0.5) is 0 Å². The molecule has 0 atom stereocenters. The van der Waals surface area contributed by atoms with E-state index in [0.717, 1.165) is 22.5 Å². The van der Waals surface area contributed by atoms with Crippen LogP contribution < -0.4 is 0 Å². The Hall–Kier alpha value is -1.38. The Labute approximate surface area is 70.4 Å². The number of rotatable bonds is 0. The highest BCUT2D eigenvalue weighted by atomic mass is 16.3. The predicted octanol–water partition coefficient (Wildman–Crippen LogP) is 2.15. The molecule has 2 heterocycles. The molecule has 2 aromatic heterocycles. The first-order chi connectivity index (χ1) is 5.66. The SMILES string of the molecule is Cc1cc2nc(C)oc2c(C)n1. The quantitative estimate of drug-likeness (QED) is 0.595. The topological polar surface area (TPSA) is 38.9 Å². The predicted molar refractivity (Wildman–Crippen MR) is 46.0 cm³/mol. The fraction of sp³-hybridized carbons (Fsp3) is 0.333. The molecular formula is C9H10N2O. The standard InChI is InChI=1S/C9H10N2O/c1-5-4-8-9(6(2)10-5)12-7(3)11-8/h4H,1-3H3. The summed E-state index contributed by atoms with van der Waals surface area (Å²) in [6.07, 6.45) is 0. The van der Waals surface area contributed by atoms with Crippen LogP contribution in [0.25, 0.3) is 11.1 Å². The summed E-state index contributed by atoms with van der Waals surface area (Å²) < 4.78 is 5.38. The van der Waals surface area contributed by atoms with Crippen LogP contribution in [0.1, 0.15) is 17.3 Å². The maximum absolute atomic E-state index is 5.38. The monoisotopic (exact) mass is 162 g/mol. The molecule has 0 unspecified atom stereocenters. The highest BCUT2D eigenvalue weighted by Crippen LogP contribution is 2.18. The van der Waals surface area contributed by atoms with Gasteiger partial charge < -0.3 is 4.42 Å². The molecule has 12 heavy (non-hydrogen) atoms. The summed E-state index contributed by atoms with van der Waals surface area (Å²) in [6, 6.07) is 1.93. The molecule has 3 heteroatoms. The lowest BCUT2D eigenvalue weighted by Crippen LogP contribution is -1.85. The summed E-state index contributed by atoms with van der Waals surface area (Å²) in [6.45, 7) is 5.73. The van der Waals surface area contributed by atoms with E-state index in [1.165, 1.54) is 0 Å². The zero-order valence-corrected chi connectivity index (χ0v) is 7.38. The van der Waals surface area contributed by atoms with E-state index in [-0.39, 0.29) is 0 Å². The number of aromatic nitrogens is 2. The Balaban J connectivity index is 2.88. The Morgan fingerprint density at radius 3 is 2.67 bits per heavy atom. The first-order valence-electron chi connectivity index (χ1n) is 3.88. The van der Waals surface area contributed by atoms with Crippen LogP contribution in [0.3, 0.4) is 0 Å². The maximum Gasteiger partial charge on any atom is 0.192 e.